The Kier molecular flexibility index (Phi) is 8.08. The molecule has 2 N–H and O–H groups in total. The highest BCUT2D eigenvalue weighted by molar-refractivity contribution is 6.00. The number of carbonyl (C=O) groups is 2. The third kappa shape index (κ3) is 6.08. The zero-order chi connectivity index (χ0) is 22.2. The van der Waals surface area contributed by atoms with Crippen LogP contribution in [0.15, 0.2) is 24.3 Å². The first-order chi connectivity index (χ1) is 15.0. The van der Waals surface area contributed by atoms with Crippen LogP contribution in [-0.2, 0) is 16.0 Å². The minimum absolute atomic E-state index is 0.269. The lowest BCUT2D eigenvalue weighted by molar-refractivity contribution is 0.0322. The first-order valence-electron chi connectivity index (χ1n) is 10.7. The second-order valence-corrected chi connectivity index (χ2v) is 7.48. The summed E-state index contributed by atoms with van der Waals surface area (Å²) in [4.78, 5) is 30.1. The van der Waals surface area contributed by atoms with Crippen LogP contribution in [0.4, 0.5) is 0 Å². The van der Waals surface area contributed by atoms with Crippen molar-refractivity contribution in [2.75, 3.05) is 46.1 Å². The van der Waals surface area contributed by atoms with Gasteiger partial charge in [0.2, 0.25) is 0 Å². The maximum Gasteiger partial charge on any atom is 0.340 e. The second-order valence-electron chi connectivity index (χ2n) is 7.48. The van der Waals surface area contributed by atoms with Gasteiger partial charge in [0.1, 0.15) is 18.1 Å². The third-order valence-electron chi connectivity index (χ3n) is 5.28. The van der Waals surface area contributed by atoms with Gasteiger partial charge in [-0.1, -0.05) is 12.1 Å². The molecule has 0 radical (unpaired) electrons. The van der Waals surface area contributed by atoms with Gasteiger partial charge in [-0.05, 0) is 44.0 Å². The van der Waals surface area contributed by atoms with Crippen molar-refractivity contribution in [2.24, 2.45) is 0 Å². The summed E-state index contributed by atoms with van der Waals surface area (Å²) in [5.41, 5.74) is 2.94. The maximum absolute atomic E-state index is 12.7. The summed E-state index contributed by atoms with van der Waals surface area (Å²) >= 11 is 0. The highest BCUT2D eigenvalue weighted by atomic mass is 16.5. The SMILES string of the molecule is CCOC(=O)c1c(C)[nH]c(C(=O)NCc2cccc(OCCN3CCOCC3)c2)c1C. The molecule has 2 aromatic rings. The molecular formula is C23H31N3O5. The van der Waals surface area contributed by atoms with Crippen molar-refractivity contribution in [3.8, 4) is 5.75 Å². The molecule has 0 aliphatic carbocycles. The zero-order valence-electron chi connectivity index (χ0n) is 18.5. The maximum atomic E-state index is 12.7. The van der Waals surface area contributed by atoms with E-state index in [0.717, 1.165) is 44.2 Å². The molecule has 168 valence electrons. The number of hydrogen-bond acceptors (Lipinski definition) is 6. The van der Waals surface area contributed by atoms with Gasteiger partial charge in [-0.15, -0.1) is 0 Å². The van der Waals surface area contributed by atoms with Gasteiger partial charge in [0.25, 0.3) is 5.91 Å². The van der Waals surface area contributed by atoms with Crippen LogP contribution in [0.25, 0.3) is 0 Å². The van der Waals surface area contributed by atoms with E-state index in [1.807, 2.05) is 24.3 Å². The minimum atomic E-state index is -0.422. The molecule has 1 aromatic heterocycles. The van der Waals surface area contributed by atoms with Gasteiger partial charge < -0.3 is 24.5 Å². The third-order valence-corrected chi connectivity index (χ3v) is 5.28. The van der Waals surface area contributed by atoms with Crippen LogP contribution in [0, 0.1) is 13.8 Å². The number of carbonyl (C=O) groups excluding carboxylic acids is 2. The molecule has 1 saturated heterocycles. The summed E-state index contributed by atoms with van der Waals surface area (Å²) in [7, 11) is 0. The highest BCUT2D eigenvalue weighted by Gasteiger charge is 2.22. The first kappa shape index (κ1) is 22.8. The lowest BCUT2D eigenvalue weighted by Gasteiger charge is -2.26. The molecule has 0 atom stereocenters. The topological polar surface area (TPSA) is 92.9 Å². The summed E-state index contributed by atoms with van der Waals surface area (Å²) in [6.45, 7) is 10.8. The normalized spacial score (nSPS) is 14.3. The van der Waals surface area contributed by atoms with E-state index in [2.05, 4.69) is 15.2 Å². The van der Waals surface area contributed by atoms with Crippen molar-refractivity contribution in [1.29, 1.82) is 0 Å². The van der Waals surface area contributed by atoms with E-state index in [0.29, 0.717) is 35.7 Å². The number of aromatic nitrogens is 1. The van der Waals surface area contributed by atoms with Gasteiger partial charge in [-0.2, -0.15) is 0 Å². The Morgan fingerprint density at radius 1 is 1.23 bits per heavy atom. The fourth-order valence-corrected chi connectivity index (χ4v) is 3.62. The molecule has 1 aromatic carbocycles. The Balaban J connectivity index is 1.54. The molecule has 1 amide bonds. The number of benzene rings is 1. The van der Waals surface area contributed by atoms with E-state index in [1.54, 1.807) is 20.8 Å². The van der Waals surface area contributed by atoms with E-state index in [-0.39, 0.29) is 12.5 Å². The molecule has 8 heteroatoms. The standard InChI is InChI=1S/C23H31N3O5/c1-4-30-23(28)20-16(2)21(25-17(20)3)22(27)24-15-18-6-5-7-19(14-18)31-13-10-26-8-11-29-12-9-26/h5-7,14,25H,4,8-13,15H2,1-3H3,(H,24,27). The van der Waals surface area contributed by atoms with Crippen molar-refractivity contribution in [2.45, 2.75) is 27.3 Å². The van der Waals surface area contributed by atoms with Gasteiger partial charge in [0, 0.05) is 31.9 Å². The number of aryl methyl sites for hydroxylation is 1. The molecule has 3 rings (SSSR count). The number of hydrogen-bond donors (Lipinski definition) is 2. The van der Waals surface area contributed by atoms with Crippen molar-refractivity contribution < 1.29 is 23.8 Å². The first-order valence-corrected chi connectivity index (χ1v) is 10.7. The van der Waals surface area contributed by atoms with Gasteiger partial charge >= 0.3 is 5.97 Å². The number of amides is 1. The Morgan fingerprint density at radius 2 is 2.00 bits per heavy atom. The number of rotatable bonds is 9. The quantitative estimate of drug-likeness (QED) is 0.595. The van der Waals surface area contributed by atoms with Crippen LogP contribution >= 0.6 is 0 Å². The zero-order valence-corrected chi connectivity index (χ0v) is 18.5. The average molecular weight is 430 g/mol. The largest absolute Gasteiger partial charge is 0.492 e. The van der Waals surface area contributed by atoms with E-state index in [1.165, 1.54) is 0 Å². The van der Waals surface area contributed by atoms with Crippen molar-refractivity contribution in [1.82, 2.24) is 15.2 Å². The lowest BCUT2D eigenvalue weighted by atomic mass is 10.1. The van der Waals surface area contributed by atoms with Gasteiger partial charge in [0.15, 0.2) is 0 Å². The Bertz CT molecular complexity index is 903. The van der Waals surface area contributed by atoms with Crippen LogP contribution in [-0.4, -0.2) is 67.8 Å². The van der Waals surface area contributed by atoms with E-state index in [9.17, 15) is 9.59 Å². The number of morpholine rings is 1. The van der Waals surface area contributed by atoms with Crippen LogP contribution < -0.4 is 10.1 Å². The van der Waals surface area contributed by atoms with E-state index >= 15 is 0 Å². The summed E-state index contributed by atoms with van der Waals surface area (Å²) in [6.07, 6.45) is 0. The predicted octanol–water partition coefficient (Wildman–Crippen LogP) is 2.45. The van der Waals surface area contributed by atoms with Crippen molar-refractivity contribution in [3.05, 3.63) is 52.3 Å². The van der Waals surface area contributed by atoms with Crippen LogP contribution in [0.1, 0.15) is 44.6 Å². The van der Waals surface area contributed by atoms with Crippen molar-refractivity contribution in [3.63, 3.8) is 0 Å². The van der Waals surface area contributed by atoms with E-state index < -0.39 is 5.97 Å². The fraction of sp³-hybridized carbons (Fsp3) is 0.478. The Morgan fingerprint density at radius 3 is 2.74 bits per heavy atom. The molecule has 31 heavy (non-hydrogen) atoms. The van der Waals surface area contributed by atoms with Gasteiger partial charge in [-0.25, -0.2) is 4.79 Å². The monoisotopic (exact) mass is 429 g/mol. The van der Waals surface area contributed by atoms with Crippen molar-refractivity contribution >= 4 is 11.9 Å². The van der Waals surface area contributed by atoms with E-state index in [4.69, 9.17) is 14.2 Å². The van der Waals surface area contributed by atoms with Crippen LogP contribution in [0.5, 0.6) is 5.75 Å². The molecule has 2 heterocycles. The second kappa shape index (κ2) is 11.0. The smallest absolute Gasteiger partial charge is 0.340 e. The highest BCUT2D eigenvalue weighted by Crippen LogP contribution is 2.19. The Hall–Kier alpha value is -2.84. The summed E-state index contributed by atoms with van der Waals surface area (Å²) < 4.78 is 16.3. The summed E-state index contributed by atoms with van der Waals surface area (Å²) in [5, 5.41) is 2.90. The van der Waals surface area contributed by atoms with Gasteiger partial charge in [-0.3, -0.25) is 9.69 Å². The number of nitrogens with zero attached hydrogens (tertiary/aromatic N) is 1. The molecule has 0 unspecified atom stereocenters. The predicted molar refractivity (Wildman–Crippen MR) is 117 cm³/mol. The minimum Gasteiger partial charge on any atom is -0.492 e. The average Bonchev–Trinajstić information content (AvgIpc) is 3.07. The van der Waals surface area contributed by atoms with Crippen LogP contribution in [0.2, 0.25) is 0 Å². The number of H-pyrrole nitrogens is 1. The molecule has 1 aliphatic rings. The number of ether oxygens (including phenoxy) is 3. The summed E-state index contributed by atoms with van der Waals surface area (Å²) in [6, 6.07) is 7.69. The fourth-order valence-electron chi connectivity index (χ4n) is 3.62. The van der Waals surface area contributed by atoms with Crippen LogP contribution in [0.3, 0.4) is 0 Å². The molecular weight excluding hydrogens is 398 g/mol. The molecule has 0 spiro atoms. The molecule has 8 nitrogen and oxygen atoms in total. The molecule has 1 aliphatic heterocycles. The lowest BCUT2D eigenvalue weighted by Crippen LogP contribution is -2.38. The van der Waals surface area contributed by atoms with Gasteiger partial charge in [0.05, 0.1) is 25.4 Å². The number of nitrogens with one attached hydrogen (secondary N) is 2. The number of esters is 1. The number of aromatic amines is 1. The molecule has 1 fully saturated rings. The Labute approximate surface area is 182 Å². The molecule has 0 bridgehead atoms. The molecule has 0 saturated carbocycles. The summed E-state index contributed by atoms with van der Waals surface area (Å²) in [5.74, 6) is 0.0843.